The third-order valence-corrected chi connectivity index (χ3v) is 4.33. The van der Waals surface area contributed by atoms with E-state index in [1.807, 2.05) is 19.9 Å². The molecule has 0 unspecified atom stereocenters. The molecule has 0 N–H and O–H groups in total. The molecule has 0 aliphatic heterocycles. The van der Waals surface area contributed by atoms with E-state index in [9.17, 15) is 0 Å². The second-order valence-electron chi connectivity index (χ2n) is 4.67. The molecule has 0 amide bonds. The molecule has 0 radical (unpaired) electrons. The van der Waals surface area contributed by atoms with E-state index in [0.717, 1.165) is 37.4 Å². The molecule has 0 atom stereocenters. The van der Waals surface area contributed by atoms with Crippen LogP contribution in [0.1, 0.15) is 11.1 Å². The summed E-state index contributed by atoms with van der Waals surface area (Å²) in [6.45, 7) is 4.09. The van der Waals surface area contributed by atoms with E-state index in [-0.39, 0.29) is 0 Å². The molecule has 3 nitrogen and oxygen atoms in total. The Hall–Kier alpha value is -2.07. The zero-order valence-corrected chi connectivity index (χ0v) is 11.4. The highest BCUT2D eigenvalue weighted by molar-refractivity contribution is 7.21. The lowest BCUT2D eigenvalue weighted by Crippen LogP contribution is -1.78. The van der Waals surface area contributed by atoms with Crippen LogP contribution in [0.5, 0.6) is 0 Å². The van der Waals surface area contributed by atoms with Gasteiger partial charge >= 0.3 is 0 Å². The van der Waals surface area contributed by atoms with E-state index in [1.54, 1.807) is 17.6 Å². The molecule has 94 valence electrons. The Morgan fingerprint density at radius 2 is 1.95 bits per heavy atom. The van der Waals surface area contributed by atoms with Crippen LogP contribution in [0.3, 0.4) is 0 Å². The number of aryl methyl sites for hydroxylation is 2. The fourth-order valence-corrected chi connectivity index (χ4v) is 3.14. The average molecular weight is 269 g/mol. The summed E-state index contributed by atoms with van der Waals surface area (Å²) >= 11 is 1.56. The summed E-state index contributed by atoms with van der Waals surface area (Å²) in [5.74, 6) is 0.670. The van der Waals surface area contributed by atoms with Gasteiger partial charge in [0.1, 0.15) is 5.52 Å². The van der Waals surface area contributed by atoms with Gasteiger partial charge in [0, 0.05) is 5.39 Å². The SMILES string of the molecule is Cc1ccc(C)c2oc(-c3cc4ccoc4s3)nc12. The smallest absolute Gasteiger partial charge is 0.237 e. The molecule has 19 heavy (non-hydrogen) atoms. The predicted molar refractivity (Wildman–Crippen MR) is 76.6 cm³/mol. The Kier molecular flexibility index (Phi) is 2.11. The molecule has 0 aliphatic rings. The maximum Gasteiger partial charge on any atom is 0.237 e. The molecule has 0 fully saturated rings. The second kappa shape index (κ2) is 3.71. The van der Waals surface area contributed by atoms with E-state index in [4.69, 9.17) is 8.83 Å². The van der Waals surface area contributed by atoms with E-state index in [1.165, 1.54) is 0 Å². The standard InChI is InChI=1S/C15H11NO2S/c1-8-3-4-9(2)13-12(8)16-14(18-13)11-7-10-5-6-17-15(10)19-11/h3-7H,1-2H3. The molecule has 0 saturated heterocycles. The van der Waals surface area contributed by atoms with Crippen molar-refractivity contribution in [1.82, 2.24) is 4.98 Å². The van der Waals surface area contributed by atoms with Gasteiger partial charge in [0.2, 0.25) is 5.89 Å². The number of oxazole rings is 1. The summed E-state index contributed by atoms with van der Waals surface area (Å²) < 4.78 is 11.3. The predicted octanol–water partition coefficient (Wildman–Crippen LogP) is 4.92. The third kappa shape index (κ3) is 1.53. The number of hydrogen-bond donors (Lipinski definition) is 0. The molecule has 4 heteroatoms. The number of aromatic nitrogens is 1. The van der Waals surface area contributed by atoms with Crippen molar-refractivity contribution in [2.75, 3.05) is 0 Å². The van der Waals surface area contributed by atoms with Crippen molar-refractivity contribution in [2.45, 2.75) is 13.8 Å². The zero-order chi connectivity index (χ0) is 13.0. The molecular weight excluding hydrogens is 258 g/mol. The van der Waals surface area contributed by atoms with Crippen molar-refractivity contribution in [2.24, 2.45) is 0 Å². The van der Waals surface area contributed by atoms with Crippen molar-refractivity contribution < 1.29 is 8.83 Å². The summed E-state index contributed by atoms with van der Waals surface area (Å²) in [6, 6.07) is 8.14. The minimum atomic E-state index is 0.670. The zero-order valence-electron chi connectivity index (χ0n) is 10.6. The summed E-state index contributed by atoms with van der Waals surface area (Å²) in [4.78, 5) is 6.53. The van der Waals surface area contributed by atoms with Gasteiger partial charge in [0.25, 0.3) is 0 Å². The van der Waals surface area contributed by atoms with Crippen molar-refractivity contribution in [3.8, 4) is 10.8 Å². The molecule has 4 rings (SSSR count). The molecule has 1 aromatic carbocycles. The lowest BCUT2D eigenvalue weighted by atomic mass is 10.1. The highest BCUT2D eigenvalue weighted by Gasteiger charge is 2.15. The molecule has 3 heterocycles. The first-order valence-electron chi connectivity index (χ1n) is 6.06. The molecular formula is C15H11NO2S. The Balaban J connectivity index is 1.98. The number of rotatable bonds is 1. The van der Waals surface area contributed by atoms with Crippen LogP contribution in [-0.2, 0) is 0 Å². The largest absolute Gasteiger partial charge is 0.454 e. The van der Waals surface area contributed by atoms with Crippen LogP contribution in [0.25, 0.3) is 32.2 Å². The van der Waals surface area contributed by atoms with Crippen molar-refractivity contribution in [3.05, 3.63) is 41.7 Å². The van der Waals surface area contributed by atoms with Crippen LogP contribution in [0.15, 0.2) is 39.4 Å². The number of fused-ring (bicyclic) bond motifs is 2. The van der Waals surface area contributed by atoms with Crippen LogP contribution < -0.4 is 0 Å². The molecule has 0 aliphatic carbocycles. The van der Waals surface area contributed by atoms with Crippen molar-refractivity contribution in [1.29, 1.82) is 0 Å². The fourth-order valence-electron chi connectivity index (χ4n) is 2.24. The minimum Gasteiger partial charge on any atom is -0.454 e. The highest BCUT2D eigenvalue weighted by atomic mass is 32.1. The molecule has 0 bridgehead atoms. The van der Waals surface area contributed by atoms with E-state index >= 15 is 0 Å². The summed E-state index contributed by atoms with van der Waals surface area (Å²) in [5, 5.41) is 1.09. The first-order chi connectivity index (χ1) is 9.22. The third-order valence-electron chi connectivity index (χ3n) is 3.30. The molecule has 0 spiro atoms. The monoisotopic (exact) mass is 269 g/mol. The fraction of sp³-hybridized carbons (Fsp3) is 0.133. The number of nitrogens with zero attached hydrogens (tertiary/aromatic N) is 1. The van der Waals surface area contributed by atoms with Crippen LogP contribution >= 0.6 is 11.3 Å². The first kappa shape index (κ1) is 10.8. The van der Waals surface area contributed by atoms with Gasteiger partial charge in [-0.15, -0.1) is 0 Å². The Morgan fingerprint density at radius 1 is 1.11 bits per heavy atom. The number of hydrogen-bond acceptors (Lipinski definition) is 4. The Morgan fingerprint density at radius 3 is 2.74 bits per heavy atom. The molecule has 0 saturated carbocycles. The lowest BCUT2D eigenvalue weighted by molar-refractivity contribution is 0.618. The van der Waals surface area contributed by atoms with Gasteiger partial charge in [-0.05, 0) is 37.1 Å². The normalized spacial score (nSPS) is 11.7. The van der Waals surface area contributed by atoms with Gasteiger partial charge in [-0.2, -0.15) is 0 Å². The van der Waals surface area contributed by atoms with Gasteiger partial charge < -0.3 is 8.83 Å². The van der Waals surface area contributed by atoms with Gasteiger partial charge in [-0.3, -0.25) is 0 Å². The van der Waals surface area contributed by atoms with Crippen molar-refractivity contribution >= 4 is 32.7 Å². The van der Waals surface area contributed by atoms with Crippen LogP contribution in [-0.4, -0.2) is 4.98 Å². The van der Waals surface area contributed by atoms with Gasteiger partial charge in [-0.25, -0.2) is 4.98 Å². The van der Waals surface area contributed by atoms with E-state index < -0.39 is 0 Å². The quantitative estimate of drug-likeness (QED) is 0.492. The second-order valence-corrected chi connectivity index (χ2v) is 5.68. The number of thiophene rings is 1. The minimum absolute atomic E-state index is 0.670. The summed E-state index contributed by atoms with van der Waals surface area (Å²) in [5.41, 5.74) is 4.07. The van der Waals surface area contributed by atoms with Crippen LogP contribution in [0.2, 0.25) is 0 Å². The Labute approximate surface area is 113 Å². The van der Waals surface area contributed by atoms with Crippen LogP contribution in [0, 0.1) is 13.8 Å². The molecule has 4 aromatic rings. The topological polar surface area (TPSA) is 39.2 Å². The number of benzene rings is 1. The maximum absolute atomic E-state index is 5.92. The van der Waals surface area contributed by atoms with Gasteiger partial charge in [0.05, 0.1) is 11.1 Å². The average Bonchev–Trinajstić information content (AvgIpc) is 3.05. The Bertz CT molecular complexity index is 830. The summed E-state index contributed by atoms with van der Waals surface area (Å²) in [6.07, 6.45) is 1.70. The molecule has 3 aromatic heterocycles. The highest BCUT2D eigenvalue weighted by Crippen LogP contribution is 2.36. The van der Waals surface area contributed by atoms with Crippen molar-refractivity contribution in [3.63, 3.8) is 0 Å². The van der Waals surface area contributed by atoms with E-state index in [0.29, 0.717) is 5.89 Å². The lowest BCUT2D eigenvalue weighted by Gasteiger charge is -1.94. The number of furan rings is 1. The first-order valence-corrected chi connectivity index (χ1v) is 6.88. The van der Waals surface area contributed by atoms with E-state index in [2.05, 4.69) is 23.2 Å². The van der Waals surface area contributed by atoms with Gasteiger partial charge in [-0.1, -0.05) is 23.5 Å². The van der Waals surface area contributed by atoms with Gasteiger partial charge in [0.15, 0.2) is 10.5 Å². The van der Waals surface area contributed by atoms with Crippen LogP contribution in [0.4, 0.5) is 0 Å². The summed E-state index contributed by atoms with van der Waals surface area (Å²) in [7, 11) is 0. The maximum atomic E-state index is 5.92.